The monoisotopic (exact) mass is 707 g/mol. The lowest BCUT2D eigenvalue weighted by Gasteiger charge is -2.45. The summed E-state index contributed by atoms with van der Waals surface area (Å²) in [5.74, 6) is -3.84. The van der Waals surface area contributed by atoms with Crippen molar-refractivity contribution in [2.45, 2.75) is 80.2 Å². The van der Waals surface area contributed by atoms with Crippen LogP contribution in [0.15, 0.2) is 36.4 Å². The normalized spacial score (nSPS) is 34.4. The third-order valence-corrected chi connectivity index (χ3v) is 7.43. The molecule has 10 atom stereocenters. The Hall–Kier alpha value is -3.22. The molecule has 0 aromatic heterocycles. The van der Waals surface area contributed by atoms with Gasteiger partial charge in [-0.15, -0.1) is 26.3 Å². The van der Waals surface area contributed by atoms with E-state index in [0.717, 1.165) is 31.2 Å². The van der Waals surface area contributed by atoms with E-state index in [1.807, 2.05) is 0 Å². The molecule has 2 aliphatic rings. The first-order valence-electron chi connectivity index (χ1n) is 13.7. The maximum Gasteiger partial charge on any atom is 0.573 e. The minimum atomic E-state index is -5.38. The van der Waals surface area contributed by atoms with Crippen molar-refractivity contribution < 1.29 is 95.6 Å². The first-order chi connectivity index (χ1) is 22.1. The molecule has 0 bridgehead atoms. The minimum absolute atomic E-state index is 0.247. The molecule has 0 aliphatic carbocycles. The number of nitrogens with two attached hydrogens (primary N) is 1. The fourth-order valence-electron chi connectivity index (χ4n) is 4.81. The molecule has 0 spiro atoms. The Morgan fingerprint density at radius 3 is 1.50 bits per heavy atom. The first kappa shape index (κ1) is 37.6. The molecule has 10 N–H and O–H groups in total. The summed E-state index contributed by atoms with van der Waals surface area (Å²) in [6.07, 6.45) is -26.0. The molecule has 15 nitrogen and oxygen atoms in total. The van der Waals surface area contributed by atoms with Crippen LogP contribution < -0.4 is 24.7 Å². The van der Waals surface area contributed by atoms with Crippen molar-refractivity contribution >= 4 is 0 Å². The number of halogens is 6. The Morgan fingerprint density at radius 2 is 1.08 bits per heavy atom. The van der Waals surface area contributed by atoms with Gasteiger partial charge in [0.25, 0.3) is 0 Å². The fourth-order valence-corrected chi connectivity index (χ4v) is 4.81. The van der Waals surface area contributed by atoms with Crippen molar-refractivity contribution in [3.05, 3.63) is 36.4 Å². The lowest BCUT2D eigenvalue weighted by atomic mass is 9.88. The van der Waals surface area contributed by atoms with E-state index in [4.69, 9.17) is 24.7 Å². The second-order valence-electron chi connectivity index (χ2n) is 11.0. The van der Waals surface area contributed by atoms with Gasteiger partial charge in [-0.1, -0.05) is 12.1 Å². The van der Waals surface area contributed by atoms with Gasteiger partial charge in [-0.2, -0.15) is 0 Å². The van der Waals surface area contributed by atoms with Gasteiger partial charge in [0.1, 0.15) is 36.6 Å². The summed E-state index contributed by atoms with van der Waals surface area (Å²) in [4.78, 5) is 0. The van der Waals surface area contributed by atoms with Gasteiger partial charge >= 0.3 is 12.7 Å². The van der Waals surface area contributed by atoms with Crippen LogP contribution in [0.2, 0.25) is 0 Å². The molecule has 48 heavy (non-hydrogen) atoms. The summed E-state index contributed by atoms with van der Waals surface area (Å²) >= 11 is 0. The molecule has 270 valence electrons. The molecule has 2 fully saturated rings. The number of hydrogen-bond donors (Lipinski definition) is 9. The molecule has 0 radical (unpaired) electrons. The van der Waals surface area contributed by atoms with Gasteiger partial charge in [-0.3, -0.25) is 5.73 Å². The highest BCUT2D eigenvalue weighted by Gasteiger charge is 2.55. The Labute approximate surface area is 265 Å². The lowest BCUT2D eigenvalue weighted by molar-refractivity contribution is -0.320. The summed E-state index contributed by atoms with van der Waals surface area (Å²) < 4.78 is 109. The SMILES string of the molecule is C[C@@]1(O)[C@@H](Oc2ccc(-c3ccc(O[C@H]4O[C@H](CO)[C@@H](O)[C@H](O)[C@]4(N)O)c(OC(F)(F)F)c3)cc2OC(F)(F)F)O[C@H](CO)[C@@H](O)[C@@H]1O. The highest BCUT2D eigenvalue weighted by atomic mass is 19.4. The molecule has 2 heterocycles. The van der Waals surface area contributed by atoms with Gasteiger partial charge in [0.05, 0.1) is 13.2 Å². The lowest BCUT2D eigenvalue weighted by Crippen LogP contribution is -2.72. The van der Waals surface area contributed by atoms with Crippen molar-refractivity contribution in [1.29, 1.82) is 0 Å². The van der Waals surface area contributed by atoms with Gasteiger partial charge in [0.15, 0.2) is 28.6 Å². The molecule has 0 amide bonds. The van der Waals surface area contributed by atoms with Crippen LogP contribution in [0.4, 0.5) is 26.3 Å². The minimum Gasteiger partial charge on any atom is -0.458 e. The van der Waals surface area contributed by atoms with Crippen molar-refractivity contribution in [3.63, 3.8) is 0 Å². The van der Waals surface area contributed by atoms with Crippen LogP contribution in [0.25, 0.3) is 11.1 Å². The molecule has 2 saturated heterocycles. The number of benzene rings is 2. The summed E-state index contributed by atoms with van der Waals surface area (Å²) in [5.41, 5.74) is -0.293. The number of alkyl halides is 6. The number of ether oxygens (including phenoxy) is 6. The van der Waals surface area contributed by atoms with E-state index in [1.54, 1.807) is 0 Å². The third-order valence-electron chi connectivity index (χ3n) is 7.43. The van der Waals surface area contributed by atoms with Crippen LogP contribution in [0.3, 0.4) is 0 Å². The second-order valence-corrected chi connectivity index (χ2v) is 11.0. The Kier molecular flexibility index (Phi) is 10.6. The first-order valence-corrected chi connectivity index (χ1v) is 13.7. The molecule has 2 aromatic rings. The Bertz CT molecular complexity index is 1320. The van der Waals surface area contributed by atoms with Crippen molar-refractivity contribution in [1.82, 2.24) is 0 Å². The van der Waals surface area contributed by atoms with Crippen LogP contribution >= 0.6 is 0 Å². The summed E-state index contributed by atoms with van der Waals surface area (Å²) in [6.45, 7) is -0.890. The largest absolute Gasteiger partial charge is 0.573 e. The molecule has 0 saturated carbocycles. The zero-order valence-corrected chi connectivity index (χ0v) is 24.4. The summed E-state index contributed by atoms with van der Waals surface area (Å²) in [5, 5.41) is 80.3. The zero-order chi connectivity index (χ0) is 36.0. The molecule has 0 unspecified atom stereocenters. The van der Waals surface area contributed by atoms with Crippen molar-refractivity contribution in [2.75, 3.05) is 13.2 Å². The van der Waals surface area contributed by atoms with E-state index in [1.165, 1.54) is 0 Å². The van der Waals surface area contributed by atoms with Crippen LogP contribution in [0.5, 0.6) is 23.0 Å². The quantitative estimate of drug-likeness (QED) is 0.114. The Morgan fingerprint density at radius 1 is 0.688 bits per heavy atom. The number of aliphatic hydroxyl groups excluding tert-OH is 6. The van der Waals surface area contributed by atoms with Gasteiger partial charge in [0, 0.05) is 0 Å². The van der Waals surface area contributed by atoms with Gasteiger partial charge in [-0.25, -0.2) is 0 Å². The maximum absolute atomic E-state index is 13.4. The fraction of sp³-hybridized carbons (Fsp3) is 0.556. The standard InChI is InChI=1S/C27H31F6NO14/c1-24(41)20(39)18(37)16(8-35)45-22(24)43-12-4-2-10(6-14(12)47-26(28,29)30)11-3-5-13(15(7-11)48-27(31,32)33)44-23-25(34,42)21(40)19(38)17(9-36)46-23/h2-7,16-23,35-42H,8-9,34H2,1H3/t16-,17-,18-,19-,20+,21+,22+,23+,24+,25+/m1/s1. The molecular formula is C27H31F6NO14. The maximum atomic E-state index is 13.4. The number of aliphatic hydroxyl groups is 8. The van der Waals surface area contributed by atoms with Crippen molar-refractivity contribution in [2.24, 2.45) is 5.73 Å². The highest BCUT2D eigenvalue weighted by molar-refractivity contribution is 5.70. The molecular weight excluding hydrogens is 676 g/mol. The van der Waals surface area contributed by atoms with Crippen LogP contribution in [-0.4, -0.2) is 127 Å². The van der Waals surface area contributed by atoms with E-state index in [9.17, 15) is 67.2 Å². The summed E-state index contributed by atoms with van der Waals surface area (Å²) in [7, 11) is 0. The third kappa shape index (κ3) is 7.97. The molecule has 2 aliphatic heterocycles. The topological polar surface area (TPSA) is 243 Å². The van der Waals surface area contributed by atoms with Gasteiger partial charge in [0.2, 0.25) is 18.3 Å². The van der Waals surface area contributed by atoms with Gasteiger partial charge < -0.3 is 69.3 Å². The predicted octanol–water partition coefficient (Wildman–Crippen LogP) is -0.815. The molecule has 2 aromatic carbocycles. The number of rotatable bonds is 9. The van der Waals surface area contributed by atoms with Crippen LogP contribution in [0.1, 0.15) is 6.92 Å². The second kappa shape index (κ2) is 13.6. The molecule has 4 rings (SSSR count). The van der Waals surface area contributed by atoms with Gasteiger partial charge in [-0.05, 0) is 42.3 Å². The van der Waals surface area contributed by atoms with E-state index < -0.39 is 109 Å². The van der Waals surface area contributed by atoms with Crippen LogP contribution in [0, 0.1) is 0 Å². The van der Waals surface area contributed by atoms with E-state index >= 15 is 0 Å². The smallest absolute Gasteiger partial charge is 0.458 e. The Balaban J connectivity index is 1.71. The van der Waals surface area contributed by atoms with Crippen LogP contribution in [-0.2, 0) is 9.47 Å². The van der Waals surface area contributed by atoms with E-state index in [-0.39, 0.29) is 11.1 Å². The predicted molar refractivity (Wildman–Crippen MR) is 142 cm³/mol. The van der Waals surface area contributed by atoms with E-state index in [2.05, 4.69) is 9.47 Å². The number of hydrogen-bond acceptors (Lipinski definition) is 15. The van der Waals surface area contributed by atoms with Crippen molar-refractivity contribution in [3.8, 4) is 34.1 Å². The average molecular weight is 708 g/mol. The average Bonchev–Trinajstić information content (AvgIpc) is 2.98. The highest BCUT2D eigenvalue weighted by Crippen LogP contribution is 2.43. The zero-order valence-electron chi connectivity index (χ0n) is 24.4. The summed E-state index contributed by atoms with van der Waals surface area (Å²) in [6, 6.07) is 5.06. The molecule has 21 heteroatoms. The van der Waals surface area contributed by atoms with E-state index in [0.29, 0.717) is 12.1 Å².